The highest BCUT2D eigenvalue weighted by Gasteiger charge is 2.35. The number of anilines is 1. The lowest BCUT2D eigenvalue weighted by molar-refractivity contribution is -0.137. The van der Waals surface area contributed by atoms with Gasteiger partial charge in [0.15, 0.2) is 5.96 Å². The molecule has 7 heteroatoms. The number of nitrogens with two attached hydrogens (primary N) is 1. The minimum absolute atomic E-state index is 0.164. The van der Waals surface area contributed by atoms with Crippen LogP contribution >= 0.6 is 15.9 Å². The standard InChI is InChI=1S/C9H9BrF3N3/c1-16(8(14)15)7-5(9(11,12)13)3-2-4-6(7)10/h2-4H,1H3,(H3,14,15). The Kier molecular flexibility index (Phi) is 3.47. The summed E-state index contributed by atoms with van der Waals surface area (Å²) in [5, 5.41) is 7.15. The van der Waals surface area contributed by atoms with Crippen molar-refractivity contribution < 1.29 is 13.2 Å². The van der Waals surface area contributed by atoms with E-state index >= 15 is 0 Å². The van der Waals surface area contributed by atoms with Gasteiger partial charge in [0.2, 0.25) is 0 Å². The molecule has 0 heterocycles. The molecule has 0 aliphatic rings. The topological polar surface area (TPSA) is 53.1 Å². The van der Waals surface area contributed by atoms with Crippen molar-refractivity contribution in [2.24, 2.45) is 5.73 Å². The molecular formula is C9H9BrF3N3. The Bertz CT molecular complexity index is 417. The van der Waals surface area contributed by atoms with Crippen molar-refractivity contribution in [2.45, 2.75) is 6.18 Å². The number of benzene rings is 1. The second-order valence-corrected chi connectivity index (χ2v) is 3.93. The minimum Gasteiger partial charge on any atom is -0.370 e. The quantitative estimate of drug-likeness (QED) is 0.618. The van der Waals surface area contributed by atoms with E-state index in [0.717, 1.165) is 11.0 Å². The number of nitrogens with one attached hydrogen (secondary N) is 1. The molecule has 0 aliphatic carbocycles. The van der Waals surface area contributed by atoms with Gasteiger partial charge in [-0.15, -0.1) is 0 Å². The highest BCUT2D eigenvalue weighted by Crippen LogP contribution is 2.40. The summed E-state index contributed by atoms with van der Waals surface area (Å²) in [4.78, 5) is 0.965. The third-order valence-corrected chi connectivity index (χ3v) is 2.63. The van der Waals surface area contributed by atoms with E-state index in [1.54, 1.807) is 0 Å². The van der Waals surface area contributed by atoms with Crippen LogP contribution < -0.4 is 10.6 Å². The SMILES string of the molecule is CN(C(=N)N)c1c(Br)cccc1C(F)(F)F. The van der Waals surface area contributed by atoms with Crippen molar-refractivity contribution in [2.75, 3.05) is 11.9 Å². The van der Waals surface area contributed by atoms with Gasteiger partial charge >= 0.3 is 6.18 Å². The molecule has 1 rings (SSSR count). The zero-order valence-electron chi connectivity index (χ0n) is 8.27. The first-order valence-corrected chi connectivity index (χ1v) is 4.98. The molecule has 1 aromatic carbocycles. The Hall–Kier alpha value is -1.24. The van der Waals surface area contributed by atoms with Crippen LogP contribution in [-0.2, 0) is 6.18 Å². The number of alkyl halides is 3. The molecule has 0 aromatic heterocycles. The summed E-state index contributed by atoms with van der Waals surface area (Å²) in [5.74, 6) is -0.461. The van der Waals surface area contributed by atoms with E-state index in [9.17, 15) is 13.2 Å². The molecule has 0 atom stereocenters. The summed E-state index contributed by atoms with van der Waals surface area (Å²) >= 11 is 3.01. The number of hydrogen-bond donors (Lipinski definition) is 2. The lowest BCUT2D eigenvalue weighted by Gasteiger charge is -2.23. The fourth-order valence-electron chi connectivity index (χ4n) is 1.21. The van der Waals surface area contributed by atoms with Crippen molar-refractivity contribution in [1.82, 2.24) is 0 Å². The van der Waals surface area contributed by atoms with Crippen molar-refractivity contribution in [1.29, 1.82) is 5.41 Å². The Morgan fingerprint density at radius 3 is 2.44 bits per heavy atom. The van der Waals surface area contributed by atoms with Gasteiger partial charge in [0.1, 0.15) is 0 Å². The molecule has 0 aliphatic heterocycles. The van der Waals surface area contributed by atoms with Gasteiger partial charge < -0.3 is 10.6 Å². The van der Waals surface area contributed by atoms with Crippen LogP contribution in [0.2, 0.25) is 0 Å². The molecule has 3 N–H and O–H groups in total. The second kappa shape index (κ2) is 4.32. The average Bonchev–Trinajstić information content (AvgIpc) is 2.14. The smallest absolute Gasteiger partial charge is 0.370 e. The lowest BCUT2D eigenvalue weighted by atomic mass is 10.1. The summed E-state index contributed by atoms with van der Waals surface area (Å²) < 4.78 is 38.3. The molecule has 3 nitrogen and oxygen atoms in total. The molecule has 88 valence electrons. The predicted octanol–water partition coefficient (Wildman–Crippen LogP) is 2.80. The van der Waals surface area contributed by atoms with Gasteiger partial charge in [0, 0.05) is 11.5 Å². The summed E-state index contributed by atoms with van der Waals surface area (Å²) in [7, 11) is 1.30. The minimum atomic E-state index is -4.48. The van der Waals surface area contributed by atoms with Crippen molar-refractivity contribution in [3.05, 3.63) is 28.2 Å². The largest absolute Gasteiger partial charge is 0.418 e. The van der Waals surface area contributed by atoms with Crippen LogP contribution in [0.3, 0.4) is 0 Å². The zero-order chi connectivity index (χ0) is 12.5. The number of rotatable bonds is 1. The van der Waals surface area contributed by atoms with Crippen LogP contribution in [0.4, 0.5) is 18.9 Å². The zero-order valence-corrected chi connectivity index (χ0v) is 9.85. The van der Waals surface area contributed by atoms with Gasteiger partial charge in [0.05, 0.1) is 11.3 Å². The molecule has 0 unspecified atom stereocenters. The van der Waals surface area contributed by atoms with Crippen LogP contribution in [0.5, 0.6) is 0 Å². The molecule has 0 saturated heterocycles. The van der Waals surface area contributed by atoms with Crippen molar-refractivity contribution in [3.63, 3.8) is 0 Å². The van der Waals surface area contributed by atoms with E-state index in [4.69, 9.17) is 11.1 Å². The fraction of sp³-hybridized carbons (Fsp3) is 0.222. The number of hydrogen-bond acceptors (Lipinski definition) is 1. The van der Waals surface area contributed by atoms with E-state index in [0.29, 0.717) is 0 Å². The molecule has 0 saturated carbocycles. The van der Waals surface area contributed by atoms with Crippen LogP contribution in [0.1, 0.15) is 5.56 Å². The summed E-state index contributed by atoms with van der Waals surface area (Å²) in [6, 6.07) is 3.69. The van der Waals surface area contributed by atoms with Gasteiger partial charge in [-0.3, -0.25) is 5.41 Å². The second-order valence-electron chi connectivity index (χ2n) is 3.08. The molecule has 0 fully saturated rings. The maximum absolute atomic E-state index is 12.7. The molecular weight excluding hydrogens is 287 g/mol. The number of halogens is 4. The van der Waals surface area contributed by atoms with Crippen LogP contribution in [0.25, 0.3) is 0 Å². The van der Waals surface area contributed by atoms with Gasteiger partial charge in [-0.25, -0.2) is 0 Å². The average molecular weight is 296 g/mol. The molecule has 0 radical (unpaired) electrons. The van der Waals surface area contributed by atoms with Gasteiger partial charge in [0.25, 0.3) is 0 Å². The first-order valence-electron chi connectivity index (χ1n) is 4.18. The van der Waals surface area contributed by atoms with Gasteiger partial charge in [-0.2, -0.15) is 13.2 Å². The molecule has 16 heavy (non-hydrogen) atoms. The predicted molar refractivity (Wildman–Crippen MR) is 59.5 cm³/mol. The Labute approximate surface area is 98.7 Å². The van der Waals surface area contributed by atoms with Crippen LogP contribution in [-0.4, -0.2) is 13.0 Å². The maximum Gasteiger partial charge on any atom is 0.418 e. The van der Waals surface area contributed by atoms with Crippen molar-refractivity contribution in [3.8, 4) is 0 Å². The van der Waals surface area contributed by atoms with Crippen molar-refractivity contribution >= 4 is 27.6 Å². The first kappa shape index (κ1) is 12.8. The fourth-order valence-corrected chi connectivity index (χ4v) is 1.84. The third-order valence-electron chi connectivity index (χ3n) is 1.99. The Morgan fingerprint density at radius 2 is 2.00 bits per heavy atom. The van der Waals surface area contributed by atoms with E-state index in [1.165, 1.54) is 19.2 Å². The normalized spacial score (nSPS) is 11.3. The summed E-state index contributed by atoms with van der Waals surface area (Å²) in [6.07, 6.45) is -4.48. The first-order chi connectivity index (χ1) is 7.25. The summed E-state index contributed by atoms with van der Waals surface area (Å²) in [5.41, 5.74) is 4.17. The number of nitrogens with zero attached hydrogens (tertiary/aromatic N) is 1. The Balaban J connectivity index is 3.41. The van der Waals surface area contributed by atoms with E-state index in [-0.39, 0.29) is 10.2 Å². The Morgan fingerprint density at radius 1 is 1.44 bits per heavy atom. The molecule has 1 aromatic rings. The lowest BCUT2D eigenvalue weighted by Crippen LogP contribution is -2.34. The monoisotopic (exact) mass is 295 g/mol. The van der Waals surface area contributed by atoms with Crippen LogP contribution in [0.15, 0.2) is 22.7 Å². The highest BCUT2D eigenvalue weighted by atomic mass is 79.9. The van der Waals surface area contributed by atoms with Crippen LogP contribution in [0, 0.1) is 5.41 Å². The molecule has 0 spiro atoms. The van der Waals surface area contributed by atoms with E-state index in [2.05, 4.69) is 15.9 Å². The number of para-hydroxylation sites is 1. The van der Waals surface area contributed by atoms with E-state index < -0.39 is 17.7 Å². The maximum atomic E-state index is 12.7. The molecule has 0 amide bonds. The highest BCUT2D eigenvalue weighted by molar-refractivity contribution is 9.10. The number of guanidine groups is 1. The van der Waals surface area contributed by atoms with Gasteiger partial charge in [-0.1, -0.05) is 6.07 Å². The van der Waals surface area contributed by atoms with E-state index in [1.807, 2.05) is 0 Å². The molecule has 0 bridgehead atoms. The third kappa shape index (κ3) is 2.46. The summed E-state index contributed by atoms with van der Waals surface area (Å²) in [6.45, 7) is 0. The van der Waals surface area contributed by atoms with Gasteiger partial charge in [-0.05, 0) is 28.1 Å².